The minimum atomic E-state index is -0.289. The monoisotopic (exact) mass is 318 g/mol. The van der Waals surface area contributed by atoms with Crippen molar-refractivity contribution in [3.8, 4) is 0 Å². The number of benzene rings is 1. The molecule has 0 aliphatic heterocycles. The molecule has 116 valence electrons. The van der Waals surface area contributed by atoms with Crippen LogP contribution >= 0.6 is 11.6 Å². The number of nitrogens with one attached hydrogen (secondary N) is 2. The van der Waals surface area contributed by atoms with E-state index in [4.69, 9.17) is 11.6 Å². The van der Waals surface area contributed by atoms with Gasteiger partial charge in [-0.3, -0.25) is 4.79 Å². The Morgan fingerprint density at radius 2 is 1.95 bits per heavy atom. The number of aryl methyl sites for hydroxylation is 1. The van der Waals surface area contributed by atoms with Gasteiger partial charge in [-0.25, -0.2) is 9.97 Å². The maximum Gasteiger partial charge on any atom is 0.274 e. The van der Waals surface area contributed by atoms with Crippen LogP contribution in [-0.4, -0.2) is 21.9 Å². The molecule has 0 saturated heterocycles. The molecule has 0 fully saturated rings. The zero-order valence-corrected chi connectivity index (χ0v) is 13.8. The summed E-state index contributed by atoms with van der Waals surface area (Å²) in [6, 6.07) is 7.22. The molecule has 2 N–H and O–H groups in total. The third kappa shape index (κ3) is 3.95. The van der Waals surface area contributed by atoms with E-state index in [1.165, 1.54) is 0 Å². The average Bonchev–Trinajstić information content (AvgIpc) is 2.42. The van der Waals surface area contributed by atoms with Gasteiger partial charge in [-0.05, 0) is 51.5 Å². The van der Waals surface area contributed by atoms with E-state index >= 15 is 0 Å². The van der Waals surface area contributed by atoms with Crippen molar-refractivity contribution in [2.45, 2.75) is 33.7 Å². The summed E-state index contributed by atoms with van der Waals surface area (Å²) < 4.78 is 0. The molecule has 0 bridgehead atoms. The predicted octanol–water partition coefficient (Wildman–Crippen LogP) is 3.82. The van der Waals surface area contributed by atoms with Crippen LogP contribution in [0.1, 0.15) is 35.6 Å². The van der Waals surface area contributed by atoms with Crippen LogP contribution in [-0.2, 0) is 0 Å². The molecule has 1 aromatic heterocycles. The lowest BCUT2D eigenvalue weighted by Crippen LogP contribution is -2.18. The molecule has 2 aromatic rings. The highest BCUT2D eigenvalue weighted by molar-refractivity contribution is 6.31. The SMILES string of the molecule is Cc1cc(C(=O)Nc2cccc(Cl)c2C)nc(NC(C)C)n1. The molecule has 0 aliphatic rings. The zero-order valence-electron chi connectivity index (χ0n) is 13.1. The predicted molar refractivity (Wildman–Crippen MR) is 89.7 cm³/mol. The fourth-order valence-electron chi connectivity index (χ4n) is 1.94. The summed E-state index contributed by atoms with van der Waals surface area (Å²) in [4.78, 5) is 20.9. The van der Waals surface area contributed by atoms with Gasteiger partial charge in [0.05, 0.1) is 0 Å². The number of nitrogens with zero attached hydrogens (tertiary/aromatic N) is 2. The summed E-state index contributed by atoms with van der Waals surface area (Å²) in [6.07, 6.45) is 0. The number of aromatic nitrogens is 2. The average molecular weight is 319 g/mol. The topological polar surface area (TPSA) is 66.9 Å². The number of rotatable bonds is 4. The fraction of sp³-hybridized carbons (Fsp3) is 0.312. The van der Waals surface area contributed by atoms with Crippen LogP contribution < -0.4 is 10.6 Å². The summed E-state index contributed by atoms with van der Waals surface area (Å²) in [5.74, 6) is 0.158. The highest BCUT2D eigenvalue weighted by Crippen LogP contribution is 2.23. The van der Waals surface area contributed by atoms with Gasteiger partial charge in [0.1, 0.15) is 5.69 Å². The lowest BCUT2D eigenvalue weighted by Gasteiger charge is -2.12. The second kappa shape index (κ2) is 6.75. The first-order valence-electron chi connectivity index (χ1n) is 7.05. The first kappa shape index (κ1) is 16.2. The van der Waals surface area contributed by atoms with E-state index in [0.717, 1.165) is 11.3 Å². The van der Waals surface area contributed by atoms with Crippen molar-refractivity contribution >= 4 is 29.1 Å². The molecule has 1 amide bonds. The van der Waals surface area contributed by atoms with Gasteiger partial charge in [0.2, 0.25) is 5.95 Å². The van der Waals surface area contributed by atoms with Gasteiger partial charge in [-0.15, -0.1) is 0 Å². The van der Waals surface area contributed by atoms with Gasteiger partial charge in [0, 0.05) is 22.4 Å². The highest BCUT2D eigenvalue weighted by Gasteiger charge is 2.13. The second-order valence-corrected chi connectivity index (χ2v) is 5.79. The Labute approximate surface area is 135 Å². The molecular weight excluding hydrogens is 300 g/mol. The van der Waals surface area contributed by atoms with Crippen molar-refractivity contribution in [1.29, 1.82) is 0 Å². The lowest BCUT2D eigenvalue weighted by atomic mass is 10.2. The molecule has 0 unspecified atom stereocenters. The Hall–Kier alpha value is -2.14. The van der Waals surface area contributed by atoms with E-state index in [1.54, 1.807) is 24.3 Å². The van der Waals surface area contributed by atoms with Crippen molar-refractivity contribution in [2.24, 2.45) is 0 Å². The summed E-state index contributed by atoms with van der Waals surface area (Å²) in [5.41, 5.74) is 2.54. The largest absolute Gasteiger partial charge is 0.352 e. The van der Waals surface area contributed by atoms with E-state index in [0.29, 0.717) is 22.4 Å². The maximum atomic E-state index is 12.4. The van der Waals surface area contributed by atoms with Crippen LogP contribution in [0.2, 0.25) is 5.02 Å². The number of amides is 1. The summed E-state index contributed by atoms with van der Waals surface area (Å²) in [7, 11) is 0. The lowest BCUT2D eigenvalue weighted by molar-refractivity contribution is 0.102. The molecule has 0 atom stereocenters. The van der Waals surface area contributed by atoms with E-state index in [2.05, 4.69) is 20.6 Å². The summed E-state index contributed by atoms with van der Waals surface area (Å²) >= 11 is 6.06. The highest BCUT2D eigenvalue weighted by atomic mass is 35.5. The minimum Gasteiger partial charge on any atom is -0.352 e. The van der Waals surface area contributed by atoms with Gasteiger partial charge in [-0.1, -0.05) is 17.7 Å². The number of hydrogen-bond acceptors (Lipinski definition) is 4. The number of hydrogen-bond donors (Lipinski definition) is 2. The maximum absolute atomic E-state index is 12.4. The number of halogens is 1. The molecule has 0 aliphatic carbocycles. The number of carbonyl (C=O) groups excluding carboxylic acids is 1. The van der Waals surface area contributed by atoms with Gasteiger partial charge in [0.25, 0.3) is 5.91 Å². The Morgan fingerprint density at radius 3 is 2.64 bits per heavy atom. The molecule has 22 heavy (non-hydrogen) atoms. The first-order valence-corrected chi connectivity index (χ1v) is 7.43. The minimum absolute atomic E-state index is 0.188. The first-order chi connectivity index (χ1) is 10.4. The van der Waals surface area contributed by atoms with Gasteiger partial charge >= 0.3 is 0 Å². The molecule has 6 heteroatoms. The number of anilines is 2. The van der Waals surface area contributed by atoms with Crippen LogP contribution in [0.25, 0.3) is 0 Å². The molecule has 1 heterocycles. The molecule has 0 spiro atoms. The Kier molecular flexibility index (Phi) is 4.98. The molecular formula is C16H19ClN4O. The van der Waals surface area contributed by atoms with Crippen LogP contribution in [0.15, 0.2) is 24.3 Å². The fourth-order valence-corrected chi connectivity index (χ4v) is 2.11. The Morgan fingerprint density at radius 1 is 1.23 bits per heavy atom. The standard InChI is InChI=1S/C16H19ClN4O/c1-9(2)18-16-19-10(3)8-14(21-16)15(22)20-13-7-5-6-12(17)11(13)4/h5-9H,1-4H3,(H,20,22)(H,18,19,21). The van der Waals surface area contributed by atoms with Crippen LogP contribution in [0, 0.1) is 13.8 Å². The van der Waals surface area contributed by atoms with E-state index < -0.39 is 0 Å². The van der Waals surface area contributed by atoms with E-state index in [-0.39, 0.29) is 11.9 Å². The number of carbonyl (C=O) groups is 1. The van der Waals surface area contributed by atoms with Crippen molar-refractivity contribution in [2.75, 3.05) is 10.6 Å². The third-order valence-corrected chi connectivity index (χ3v) is 3.43. The van der Waals surface area contributed by atoms with Crippen molar-refractivity contribution in [3.63, 3.8) is 0 Å². The Bertz CT molecular complexity index is 701. The van der Waals surface area contributed by atoms with Gasteiger partial charge in [0.15, 0.2) is 0 Å². The van der Waals surface area contributed by atoms with Gasteiger partial charge < -0.3 is 10.6 Å². The van der Waals surface area contributed by atoms with Crippen LogP contribution in [0.3, 0.4) is 0 Å². The Balaban J connectivity index is 2.26. The van der Waals surface area contributed by atoms with Crippen LogP contribution in [0.4, 0.5) is 11.6 Å². The third-order valence-electron chi connectivity index (χ3n) is 3.02. The van der Waals surface area contributed by atoms with Crippen molar-refractivity contribution in [3.05, 3.63) is 46.2 Å². The normalized spacial score (nSPS) is 10.6. The van der Waals surface area contributed by atoms with E-state index in [1.807, 2.05) is 27.7 Å². The molecule has 0 radical (unpaired) electrons. The quantitative estimate of drug-likeness (QED) is 0.899. The molecule has 2 rings (SSSR count). The zero-order chi connectivity index (χ0) is 16.3. The van der Waals surface area contributed by atoms with Crippen molar-refractivity contribution in [1.82, 2.24) is 9.97 Å². The van der Waals surface area contributed by atoms with Crippen molar-refractivity contribution < 1.29 is 4.79 Å². The molecule has 0 saturated carbocycles. The smallest absolute Gasteiger partial charge is 0.274 e. The van der Waals surface area contributed by atoms with E-state index in [9.17, 15) is 4.79 Å². The summed E-state index contributed by atoms with van der Waals surface area (Å²) in [5, 5.41) is 6.55. The second-order valence-electron chi connectivity index (χ2n) is 5.38. The van der Waals surface area contributed by atoms with Crippen LogP contribution in [0.5, 0.6) is 0 Å². The van der Waals surface area contributed by atoms with Gasteiger partial charge in [-0.2, -0.15) is 0 Å². The molecule has 5 nitrogen and oxygen atoms in total. The summed E-state index contributed by atoms with van der Waals surface area (Å²) in [6.45, 7) is 7.66. The molecule has 1 aromatic carbocycles.